The highest BCUT2D eigenvalue weighted by molar-refractivity contribution is 7.89. The summed E-state index contributed by atoms with van der Waals surface area (Å²) in [6.45, 7) is 5.62. The number of aryl methyl sites for hydroxylation is 3. The third-order valence-corrected chi connectivity index (χ3v) is 5.94. The minimum Gasteiger partial charge on any atom is -0.454 e. The van der Waals surface area contributed by atoms with Gasteiger partial charge in [-0.25, -0.2) is 13.1 Å². The molecule has 2 aromatic rings. The standard InChI is InChI=1S/C19H22N2O5S/c1-12-8-13(2)19(14(3)9-12)27(23,24)20-7-6-18(22)21-15-4-5-16-17(10-15)26-11-25-16/h4-5,8-10,20H,6-7,11H2,1-3H3,(H,21,22). The highest BCUT2D eigenvalue weighted by Gasteiger charge is 2.20. The van der Waals surface area contributed by atoms with E-state index >= 15 is 0 Å². The molecule has 0 fully saturated rings. The van der Waals surface area contributed by atoms with Crippen molar-refractivity contribution in [3.63, 3.8) is 0 Å². The van der Waals surface area contributed by atoms with Crippen molar-refractivity contribution in [1.29, 1.82) is 0 Å². The third-order valence-electron chi connectivity index (χ3n) is 4.17. The Morgan fingerprint density at radius 3 is 2.41 bits per heavy atom. The SMILES string of the molecule is Cc1cc(C)c(S(=O)(=O)NCCC(=O)Nc2ccc3c(c2)OCO3)c(C)c1. The Balaban J connectivity index is 1.58. The van der Waals surface area contributed by atoms with Crippen LogP contribution in [0.1, 0.15) is 23.1 Å². The predicted molar refractivity (Wildman–Crippen MR) is 102 cm³/mol. The van der Waals surface area contributed by atoms with Crippen LogP contribution in [0.25, 0.3) is 0 Å². The zero-order valence-corrected chi connectivity index (χ0v) is 16.3. The number of hydrogen-bond acceptors (Lipinski definition) is 5. The molecule has 1 aliphatic rings. The molecule has 2 aromatic carbocycles. The smallest absolute Gasteiger partial charge is 0.241 e. The van der Waals surface area contributed by atoms with E-state index in [1.165, 1.54) is 0 Å². The Morgan fingerprint density at radius 1 is 1.04 bits per heavy atom. The highest BCUT2D eigenvalue weighted by atomic mass is 32.2. The van der Waals surface area contributed by atoms with E-state index in [1.807, 2.05) is 19.1 Å². The van der Waals surface area contributed by atoms with E-state index in [0.29, 0.717) is 28.3 Å². The van der Waals surface area contributed by atoms with E-state index in [4.69, 9.17) is 9.47 Å². The number of amides is 1. The van der Waals surface area contributed by atoms with Crippen LogP contribution in [-0.4, -0.2) is 27.7 Å². The molecule has 144 valence electrons. The summed E-state index contributed by atoms with van der Waals surface area (Å²) in [7, 11) is -3.68. The molecular weight excluding hydrogens is 368 g/mol. The van der Waals surface area contributed by atoms with Gasteiger partial charge < -0.3 is 14.8 Å². The van der Waals surface area contributed by atoms with Gasteiger partial charge in [0.1, 0.15) is 0 Å². The molecule has 0 spiro atoms. The lowest BCUT2D eigenvalue weighted by atomic mass is 10.1. The highest BCUT2D eigenvalue weighted by Crippen LogP contribution is 2.34. The van der Waals surface area contributed by atoms with Crippen molar-refractivity contribution in [2.45, 2.75) is 32.1 Å². The molecule has 2 N–H and O–H groups in total. The van der Waals surface area contributed by atoms with Gasteiger partial charge >= 0.3 is 0 Å². The summed E-state index contributed by atoms with van der Waals surface area (Å²) in [6, 6.07) is 8.74. The molecule has 1 amide bonds. The average Bonchev–Trinajstić information content (AvgIpc) is 3.00. The predicted octanol–water partition coefficient (Wildman–Crippen LogP) is 2.65. The molecule has 0 atom stereocenters. The second kappa shape index (κ2) is 7.58. The summed E-state index contributed by atoms with van der Waals surface area (Å²) in [5.74, 6) is 0.900. The van der Waals surface area contributed by atoms with Gasteiger partial charge in [-0.1, -0.05) is 17.7 Å². The molecule has 0 radical (unpaired) electrons. The molecule has 0 unspecified atom stereocenters. The van der Waals surface area contributed by atoms with Crippen molar-refractivity contribution < 1.29 is 22.7 Å². The van der Waals surface area contributed by atoms with E-state index in [2.05, 4.69) is 10.0 Å². The van der Waals surface area contributed by atoms with Gasteiger partial charge in [-0.2, -0.15) is 0 Å². The van der Waals surface area contributed by atoms with Crippen LogP contribution >= 0.6 is 0 Å². The van der Waals surface area contributed by atoms with Crippen molar-refractivity contribution in [3.8, 4) is 11.5 Å². The number of anilines is 1. The Labute approximate surface area is 158 Å². The van der Waals surface area contributed by atoms with Crippen LogP contribution < -0.4 is 19.5 Å². The first-order valence-corrected chi connectivity index (χ1v) is 10.0. The summed E-state index contributed by atoms with van der Waals surface area (Å²) in [5, 5.41) is 2.72. The normalized spacial score (nSPS) is 12.9. The van der Waals surface area contributed by atoms with Crippen LogP contribution in [-0.2, 0) is 14.8 Å². The van der Waals surface area contributed by atoms with Crippen molar-refractivity contribution in [2.24, 2.45) is 0 Å². The molecule has 7 nitrogen and oxygen atoms in total. The van der Waals surface area contributed by atoms with E-state index in [0.717, 1.165) is 5.56 Å². The zero-order chi connectivity index (χ0) is 19.6. The van der Waals surface area contributed by atoms with Gasteiger partial charge in [-0.05, 0) is 44.0 Å². The maximum Gasteiger partial charge on any atom is 0.241 e. The molecule has 0 aliphatic carbocycles. The Bertz CT molecular complexity index is 963. The summed E-state index contributed by atoms with van der Waals surface area (Å²) in [6.07, 6.45) is 0.0115. The van der Waals surface area contributed by atoms with Crippen molar-refractivity contribution in [3.05, 3.63) is 47.0 Å². The monoisotopic (exact) mass is 390 g/mol. The fourth-order valence-electron chi connectivity index (χ4n) is 3.16. The Morgan fingerprint density at radius 2 is 1.70 bits per heavy atom. The number of carbonyl (C=O) groups excluding carboxylic acids is 1. The van der Waals surface area contributed by atoms with Gasteiger partial charge in [-0.15, -0.1) is 0 Å². The molecule has 1 aliphatic heterocycles. The van der Waals surface area contributed by atoms with Gasteiger partial charge in [0.15, 0.2) is 11.5 Å². The maximum atomic E-state index is 12.6. The molecule has 1 heterocycles. The number of rotatable bonds is 6. The van der Waals surface area contributed by atoms with E-state index in [1.54, 1.807) is 32.0 Å². The van der Waals surface area contributed by atoms with Crippen LogP contribution in [0.5, 0.6) is 11.5 Å². The Hall–Kier alpha value is -2.58. The van der Waals surface area contributed by atoms with E-state index in [-0.39, 0.29) is 30.6 Å². The molecule has 0 bridgehead atoms. The summed E-state index contributed by atoms with van der Waals surface area (Å²) >= 11 is 0. The molecule has 0 saturated carbocycles. The largest absolute Gasteiger partial charge is 0.454 e. The lowest BCUT2D eigenvalue weighted by Gasteiger charge is -2.13. The maximum absolute atomic E-state index is 12.6. The van der Waals surface area contributed by atoms with Crippen LogP contribution in [0, 0.1) is 20.8 Å². The number of sulfonamides is 1. The quantitative estimate of drug-likeness (QED) is 0.791. The molecule has 0 aromatic heterocycles. The van der Waals surface area contributed by atoms with Crippen molar-refractivity contribution in [2.75, 3.05) is 18.7 Å². The topological polar surface area (TPSA) is 93.7 Å². The van der Waals surface area contributed by atoms with Crippen LogP contribution in [0.2, 0.25) is 0 Å². The number of benzene rings is 2. The summed E-state index contributed by atoms with van der Waals surface area (Å²) in [4.78, 5) is 12.4. The van der Waals surface area contributed by atoms with E-state index in [9.17, 15) is 13.2 Å². The lowest BCUT2D eigenvalue weighted by Crippen LogP contribution is -2.29. The van der Waals surface area contributed by atoms with E-state index < -0.39 is 10.0 Å². The van der Waals surface area contributed by atoms with Crippen LogP contribution in [0.3, 0.4) is 0 Å². The number of carbonyl (C=O) groups is 1. The molecular formula is C19H22N2O5S. The molecule has 0 saturated heterocycles. The second-order valence-corrected chi connectivity index (χ2v) is 8.20. The fourth-order valence-corrected chi connectivity index (χ4v) is 4.64. The van der Waals surface area contributed by atoms with Gasteiger partial charge in [0, 0.05) is 24.7 Å². The molecule has 27 heavy (non-hydrogen) atoms. The van der Waals surface area contributed by atoms with Crippen LogP contribution in [0.15, 0.2) is 35.2 Å². The minimum atomic E-state index is -3.68. The number of nitrogens with one attached hydrogen (secondary N) is 2. The Kier molecular flexibility index (Phi) is 5.38. The minimum absolute atomic E-state index is 0.00543. The number of ether oxygens (including phenoxy) is 2. The summed E-state index contributed by atoms with van der Waals surface area (Å²) < 4.78 is 38.1. The molecule has 8 heteroatoms. The number of hydrogen-bond donors (Lipinski definition) is 2. The summed E-state index contributed by atoms with van der Waals surface area (Å²) in [5.41, 5.74) is 2.94. The first-order valence-electron chi connectivity index (χ1n) is 8.53. The van der Waals surface area contributed by atoms with Gasteiger partial charge in [-0.3, -0.25) is 4.79 Å². The van der Waals surface area contributed by atoms with Crippen molar-refractivity contribution in [1.82, 2.24) is 4.72 Å². The van der Waals surface area contributed by atoms with Crippen LogP contribution in [0.4, 0.5) is 5.69 Å². The van der Waals surface area contributed by atoms with Crippen molar-refractivity contribution >= 4 is 21.6 Å². The fraction of sp³-hybridized carbons (Fsp3) is 0.316. The van der Waals surface area contributed by atoms with Gasteiger partial charge in [0.2, 0.25) is 22.7 Å². The first kappa shape index (κ1) is 19.2. The zero-order valence-electron chi connectivity index (χ0n) is 15.5. The first-order chi connectivity index (χ1) is 12.8. The number of fused-ring (bicyclic) bond motifs is 1. The molecule has 3 rings (SSSR count). The van der Waals surface area contributed by atoms with Gasteiger partial charge in [0.05, 0.1) is 4.90 Å². The lowest BCUT2D eigenvalue weighted by molar-refractivity contribution is -0.116. The second-order valence-electron chi connectivity index (χ2n) is 6.49. The third kappa shape index (κ3) is 4.40. The average molecular weight is 390 g/mol. The van der Waals surface area contributed by atoms with Gasteiger partial charge in [0.25, 0.3) is 0 Å².